The fraction of sp³-hybridized carbons (Fsp3) is 1.00. The van der Waals surface area contributed by atoms with Crippen LogP contribution in [0.1, 0.15) is 20.8 Å². The molecule has 1 N–H and O–H groups in total. The first-order valence-electron chi connectivity index (χ1n) is 3.44. The number of rotatable bonds is 4. The summed E-state index contributed by atoms with van der Waals surface area (Å²) in [5.74, 6) is 0. The van der Waals surface area contributed by atoms with Gasteiger partial charge in [-0.2, -0.15) is 5.48 Å². The van der Waals surface area contributed by atoms with Crippen LogP contribution in [-0.4, -0.2) is 25.9 Å². The molecule has 0 aromatic heterocycles. The van der Waals surface area contributed by atoms with Crippen molar-refractivity contribution in [3.63, 3.8) is 0 Å². The van der Waals surface area contributed by atoms with Gasteiger partial charge in [0.25, 0.3) is 0 Å². The first-order valence-corrected chi connectivity index (χ1v) is 3.44. The Morgan fingerprint density at radius 3 is 2.20 bits per heavy atom. The topological polar surface area (TPSA) is 30.5 Å². The van der Waals surface area contributed by atoms with E-state index in [9.17, 15) is 0 Å². The molecule has 0 saturated carbocycles. The van der Waals surface area contributed by atoms with Crippen LogP contribution in [0.4, 0.5) is 0 Å². The molecule has 0 aromatic rings. The SMILES string of the molecule is COCCONC(C)(C)C. The predicted octanol–water partition coefficient (Wildman–Crippen LogP) is 0.952. The lowest BCUT2D eigenvalue weighted by Crippen LogP contribution is -2.36. The van der Waals surface area contributed by atoms with Crippen LogP contribution in [0.2, 0.25) is 0 Å². The zero-order chi connectivity index (χ0) is 8.04. The molecular weight excluding hydrogens is 130 g/mol. The Morgan fingerprint density at radius 1 is 1.20 bits per heavy atom. The van der Waals surface area contributed by atoms with E-state index in [4.69, 9.17) is 9.57 Å². The minimum Gasteiger partial charge on any atom is -0.382 e. The van der Waals surface area contributed by atoms with E-state index >= 15 is 0 Å². The van der Waals surface area contributed by atoms with Crippen LogP contribution >= 0.6 is 0 Å². The van der Waals surface area contributed by atoms with Gasteiger partial charge < -0.3 is 4.74 Å². The maximum absolute atomic E-state index is 5.06. The van der Waals surface area contributed by atoms with E-state index in [1.54, 1.807) is 7.11 Å². The highest BCUT2D eigenvalue weighted by molar-refractivity contribution is 4.63. The summed E-state index contributed by atoms with van der Waals surface area (Å²) in [6.45, 7) is 7.34. The molecule has 3 heteroatoms. The standard InChI is InChI=1S/C7H17NO2/c1-7(2,3)8-10-6-5-9-4/h8H,5-6H2,1-4H3. The number of hydroxylamine groups is 1. The number of hydrogen-bond acceptors (Lipinski definition) is 3. The van der Waals surface area contributed by atoms with Gasteiger partial charge in [-0.25, -0.2) is 0 Å². The molecule has 0 fully saturated rings. The van der Waals surface area contributed by atoms with Crippen LogP contribution in [0.15, 0.2) is 0 Å². The van der Waals surface area contributed by atoms with Gasteiger partial charge in [-0.15, -0.1) is 0 Å². The third-order valence-electron chi connectivity index (χ3n) is 0.768. The highest BCUT2D eigenvalue weighted by Gasteiger charge is 2.07. The van der Waals surface area contributed by atoms with E-state index in [1.165, 1.54) is 0 Å². The number of nitrogens with one attached hydrogen (secondary N) is 1. The van der Waals surface area contributed by atoms with E-state index in [-0.39, 0.29) is 5.54 Å². The van der Waals surface area contributed by atoms with Crippen LogP contribution < -0.4 is 5.48 Å². The van der Waals surface area contributed by atoms with Crippen LogP contribution in [0.5, 0.6) is 0 Å². The summed E-state index contributed by atoms with van der Waals surface area (Å²) in [7, 11) is 1.65. The highest BCUT2D eigenvalue weighted by Crippen LogP contribution is 1.97. The van der Waals surface area contributed by atoms with Gasteiger partial charge in [-0.1, -0.05) is 0 Å². The molecule has 0 heterocycles. The van der Waals surface area contributed by atoms with Gasteiger partial charge in [0.15, 0.2) is 0 Å². The van der Waals surface area contributed by atoms with Gasteiger partial charge in [0.05, 0.1) is 13.2 Å². The van der Waals surface area contributed by atoms with Crippen molar-refractivity contribution in [1.82, 2.24) is 5.48 Å². The van der Waals surface area contributed by atoms with E-state index < -0.39 is 0 Å². The van der Waals surface area contributed by atoms with E-state index in [0.29, 0.717) is 13.2 Å². The number of methoxy groups -OCH3 is 1. The summed E-state index contributed by atoms with van der Waals surface area (Å²) in [5.41, 5.74) is 2.90. The summed E-state index contributed by atoms with van der Waals surface area (Å²) in [6, 6.07) is 0. The largest absolute Gasteiger partial charge is 0.382 e. The van der Waals surface area contributed by atoms with Crippen LogP contribution in [0.25, 0.3) is 0 Å². The summed E-state index contributed by atoms with van der Waals surface area (Å²) in [4.78, 5) is 5.06. The molecule has 0 aliphatic heterocycles. The second-order valence-electron chi connectivity index (χ2n) is 3.19. The van der Waals surface area contributed by atoms with Crippen molar-refractivity contribution in [3.05, 3.63) is 0 Å². The molecule has 0 saturated heterocycles. The van der Waals surface area contributed by atoms with Crippen LogP contribution in [0, 0.1) is 0 Å². The maximum Gasteiger partial charge on any atom is 0.0916 e. The molecule has 0 amide bonds. The molecule has 0 radical (unpaired) electrons. The molecule has 0 aliphatic carbocycles. The Bertz CT molecular complexity index is 78.2. The molecule has 0 bridgehead atoms. The van der Waals surface area contributed by atoms with Crippen molar-refractivity contribution in [1.29, 1.82) is 0 Å². The average molecular weight is 147 g/mol. The second-order valence-corrected chi connectivity index (χ2v) is 3.19. The average Bonchev–Trinajstić information content (AvgIpc) is 1.78. The van der Waals surface area contributed by atoms with Gasteiger partial charge in [0.2, 0.25) is 0 Å². The fourth-order valence-electron chi connectivity index (χ4n) is 0.393. The maximum atomic E-state index is 5.06. The Morgan fingerprint density at radius 2 is 1.80 bits per heavy atom. The number of ether oxygens (including phenoxy) is 1. The summed E-state index contributed by atoms with van der Waals surface area (Å²) >= 11 is 0. The lowest BCUT2D eigenvalue weighted by atomic mass is 10.1. The molecule has 0 atom stereocenters. The molecule has 10 heavy (non-hydrogen) atoms. The first kappa shape index (κ1) is 9.88. The van der Waals surface area contributed by atoms with Gasteiger partial charge in [0.1, 0.15) is 0 Å². The monoisotopic (exact) mass is 147 g/mol. The van der Waals surface area contributed by atoms with Crippen molar-refractivity contribution in [2.24, 2.45) is 0 Å². The van der Waals surface area contributed by atoms with E-state index in [0.717, 1.165) is 0 Å². The quantitative estimate of drug-likeness (QED) is 0.474. The van der Waals surface area contributed by atoms with Gasteiger partial charge in [0, 0.05) is 12.6 Å². The smallest absolute Gasteiger partial charge is 0.0916 e. The first-order chi connectivity index (χ1) is 4.56. The zero-order valence-corrected chi connectivity index (χ0v) is 7.23. The highest BCUT2D eigenvalue weighted by atomic mass is 16.7. The van der Waals surface area contributed by atoms with Gasteiger partial charge in [-0.3, -0.25) is 4.84 Å². The molecule has 0 rings (SSSR count). The van der Waals surface area contributed by atoms with Crippen molar-refractivity contribution in [2.45, 2.75) is 26.3 Å². The third kappa shape index (κ3) is 7.88. The molecule has 3 nitrogen and oxygen atoms in total. The zero-order valence-electron chi connectivity index (χ0n) is 7.23. The normalized spacial score (nSPS) is 12.0. The van der Waals surface area contributed by atoms with E-state index in [2.05, 4.69) is 5.48 Å². The predicted molar refractivity (Wildman–Crippen MR) is 40.7 cm³/mol. The molecular formula is C7H17NO2. The lowest BCUT2D eigenvalue weighted by Gasteiger charge is -2.19. The lowest BCUT2D eigenvalue weighted by molar-refractivity contribution is -0.0288. The molecule has 0 spiro atoms. The number of hydrogen-bond donors (Lipinski definition) is 1. The van der Waals surface area contributed by atoms with Crippen LogP contribution in [-0.2, 0) is 9.57 Å². The second kappa shape index (κ2) is 4.66. The van der Waals surface area contributed by atoms with E-state index in [1.807, 2.05) is 20.8 Å². The summed E-state index contributed by atoms with van der Waals surface area (Å²) in [6.07, 6.45) is 0. The van der Waals surface area contributed by atoms with Crippen molar-refractivity contribution >= 4 is 0 Å². The molecule has 0 aromatic carbocycles. The van der Waals surface area contributed by atoms with Crippen LogP contribution in [0.3, 0.4) is 0 Å². The van der Waals surface area contributed by atoms with Crippen molar-refractivity contribution < 1.29 is 9.57 Å². The van der Waals surface area contributed by atoms with Gasteiger partial charge in [-0.05, 0) is 20.8 Å². The Balaban J connectivity index is 3.04. The Hall–Kier alpha value is -0.120. The molecule has 0 unspecified atom stereocenters. The minimum absolute atomic E-state index is 0.0216. The summed E-state index contributed by atoms with van der Waals surface area (Å²) < 4.78 is 4.79. The molecule has 0 aliphatic rings. The van der Waals surface area contributed by atoms with Gasteiger partial charge >= 0.3 is 0 Å². The Labute approximate surface area is 62.7 Å². The molecule has 62 valence electrons. The third-order valence-corrected chi connectivity index (χ3v) is 0.768. The Kier molecular flexibility index (Phi) is 4.60. The van der Waals surface area contributed by atoms with Crippen molar-refractivity contribution in [3.8, 4) is 0 Å². The fourth-order valence-corrected chi connectivity index (χ4v) is 0.393. The summed E-state index contributed by atoms with van der Waals surface area (Å²) in [5, 5.41) is 0. The minimum atomic E-state index is 0.0216. The van der Waals surface area contributed by atoms with Crippen molar-refractivity contribution in [2.75, 3.05) is 20.3 Å².